The van der Waals surface area contributed by atoms with E-state index in [0.29, 0.717) is 12.1 Å². The van der Waals surface area contributed by atoms with Crippen LogP contribution < -0.4 is 0 Å². The molecule has 0 saturated carbocycles. The van der Waals surface area contributed by atoms with Crippen molar-refractivity contribution in [3.63, 3.8) is 0 Å². The van der Waals surface area contributed by atoms with E-state index in [1.54, 1.807) is 18.2 Å². The molecule has 1 aliphatic heterocycles. The number of phenolic OH excluding ortho intramolecular Hbond substituents is 2. The maximum Gasteiger partial charge on any atom is 0.265 e. The molecule has 1 aliphatic rings. The van der Waals surface area contributed by atoms with Crippen LogP contribution in [-0.4, -0.2) is 45.8 Å². The van der Waals surface area contributed by atoms with Crippen molar-refractivity contribution in [2.75, 3.05) is 12.3 Å². The van der Waals surface area contributed by atoms with E-state index in [9.17, 15) is 18.6 Å². The fourth-order valence-corrected chi connectivity index (χ4v) is 4.13. The molecule has 148 valence electrons. The number of allylic oxidation sites excluding steroid dienone is 1. The number of benzene rings is 2. The lowest BCUT2D eigenvalue weighted by Gasteiger charge is -2.15. The quantitative estimate of drug-likeness (QED) is 0.390. The van der Waals surface area contributed by atoms with Crippen LogP contribution in [0.15, 0.2) is 48.5 Å². The minimum absolute atomic E-state index is 0.189. The molecule has 3 rings (SSSR count). The normalized spacial score (nSPS) is 16.0. The van der Waals surface area contributed by atoms with Crippen molar-refractivity contribution >= 4 is 27.6 Å². The molecule has 0 saturated heterocycles. The van der Waals surface area contributed by atoms with E-state index in [1.807, 2.05) is 34.9 Å². The second-order valence-electron chi connectivity index (χ2n) is 7.37. The fourth-order valence-electron chi connectivity index (χ4n) is 3.64. The zero-order chi connectivity index (χ0) is 20.5. The average Bonchev–Trinajstić information content (AvgIpc) is 2.83. The van der Waals surface area contributed by atoms with Crippen molar-refractivity contribution in [1.82, 2.24) is 0 Å². The van der Waals surface area contributed by atoms with Gasteiger partial charge in [0.15, 0.2) is 17.2 Å². The van der Waals surface area contributed by atoms with Gasteiger partial charge in [-0.1, -0.05) is 30.3 Å². The van der Waals surface area contributed by atoms with Crippen molar-refractivity contribution in [1.29, 1.82) is 0 Å². The van der Waals surface area contributed by atoms with Crippen molar-refractivity contribution in [2.45, 2.75) is 25.7 Å². The third kappa shape index (κ3) is 3.95. The molecule has 0 aliphatic carbocycles. The number of hydrogen-bond acceptors (Lipinski definition) is 4. The lowest BCUT2D eigenvalue weighted by atomic mass is 9.81. The Labute approximate surface area is 164 Å². The van der Waals surface area contributed by atoms with E-state index in [1.165, 1.54) is 6.07 Å². The van der Waals surface area contributed by atoms with Gasteiger partial charge in [0.2, 0.25) is 5.69 Å². The summed E-state index contributed by atoms with van der Waals surface area (Å²) in [6.07, 6.45) is 3.88. The van der Waals surface area contributed by atoms with Crippen molar-refractivity contribution in [3.8, 4) is 11.5 Å². The summed E-state index contributed by atoms with van der Waals surface area (Å²) < 4.78 is 33.3. The van der Waals surface area contributed by atoms with Gasteiger partial charge >= 0.3 is 0 Å². The fraction of sp³-hybridized carbons (Fsp3) is 0.286. The minimum atomic E-state index is -4.02. The maximum atomic E-state index is 11.1. The van der Waals surface area contributed by atoms with Gasteiger partial charge < -0.3 is 10.2 Å². The summed E-state index contributed by atoms with van der Waals surface area (Å²) in [5.41, 5.74) is 3.19. The highest BCUT2D eigenvalue weighted by Gasteiger charge is 2.43. The van der Waals surface area contributed by atoms with Gasteiger partial charge in [-0.3, -0.25) is 4.55 Å². The summed E-state index contributed by atoms with van der Waals surface area (Å²) in [4.78, 5) is 0. The minimum Gasteiger partial charge on any atom is -0.504 e. The lowest BCUT2D eigenvalue weighted by Crippen LogP contribution is -2.28. The van der Waals surface area contributed by atoms with Gasteiger partial charge in [0.25, 0.3) is 10.1 Å². The van der Waals surface area contributed by atoms with Gasteiger partial charge in [0, 0.05) is 29.7 Å². The molecule has 1 heterocycles. The Balaban J connectivity index is 2.03. The highest BCUT2D eigenvalue weighted by atomic mass is 32.2. The van der Waals surface area contributed by atoms with Gasteiger partial charge in [0.05, 0.1) is 11.2 Å². The Morgan fingerprint density at radius 2 is 1.75 bits per heavy atom. The second kappa shape index (κ2) is 7.41. The largest absolute Gasteiger partial charge is 0.504 e. The van der Waals surface area contributed by atoms with Crippen LogP contribution >= 0.6 is 0 Å². The summed E-state index contributed by atoms with van der Waals surface area (Å²) in [6, 6.07) is 12.7. The molecular formula is C21H24NO5S+. The monoisotopic (exact) mass is 402 g/mol. The number of rotatable bonds is 6. The number of aromatic hydroxyl groups is 2. The van der Waals surface area contributed by atoms with Gasteiger partial charge in [-0.05, 0) is 26.0 Å². The molecule has 0 fully saturated rings. The molecule has 0 aromatic heterocycles. The predicted octanol–water partition coefficient (Wildman–Crippen LogP) is 3.47. The van der Waals surface area contributed by atoms with Gasteiger partial charge in [0.1, 0.15) is 6.54 Å². The first-order valence-corrected chi connectivity index (χ1v) is 10.6. The third-order valence-corrected chi connectivity index (χ3v) is 5.85. The highest BCUT2D eigenvalue weighted by molar-refractivity contribution is 7.85. The Morgan fingerprint density at radius 1 is 1.04 bits per heavy atom. The lowest BCUT2D eigenvalue weighted by molar-refractivity contribution is -0.437. The molecule has 0 amide bonds. The average molecular weight is 402 g/mol. The van der Waals surface area contributed by atoms with E-state index < -0.39 is 10.1 Å². The molecule has 6 nitrogen and oxygen atoms in total. The van der Waals surface area contributed by atoms with Gasteiger partial charge in [-0.15, -0.1) is 0 Å². The summed E-state index contributed by atoms with van der Waals surface area (Å²) in [7, 11) is -4.02. The SMILES string of the molecule is CC1(C)C(/C=C/c2cccc(O)c2O)=[N+](CCCS(=O)(=O)O)c2ccccc21. The Kier molecular flexibility index (Phi) is 5.32. The Morgan fingerprint density at radius 3 is 2.46 bits per heavy atom. The Hall–Kier alpha value is -2.64. The topological polar surface area (TPSA) is 97.8 Å². The first kappa shape index (κ1) is 20.1. The molecule has 7 heteroatoms. The molecule has 0 unspecified atom stereocenters. The van der Waals surface area contributed by atoms with Crippen LogP contribution in [0.1, 0.15) is 31.4 Å². The van der Waals surface area contributed by atoms with E-state index >= 15 is 0 Å². The zero-order valence-corrected chi connectivity index (χ0v) is 16.6. The smallest absolute Gasteiger partial charge is 0.265 e. The van der Waals surface area contributed by atoms with Crippen LogP contribution in [0.25, 0.3) is 6.08 Å². The van der Waals surface area contributed by atoms with Crippen LogP contribution in [-0.2, 0) is 15.5 Å². The standard InChI is InChI=1S/C21H23NO5S/c1-21(2)16-8-3-4-9-17(16)22(13-6-14-28(25,26)27)19(21)12-11-15-7-5-10-18(23)20(15)24/h3-5,7-12H,6,13-14H2,1-2H3,(H2,23,25,26,27)/p+1. The molecule has 2 aromatic rings. The number of para-hydroxylation sites is 2. The summed E-state index contributed by atoms with van der Waals surface area (Å²) >= 11 is 0. The number of fused-ring (bicyclic) bond motifs is 1. The molecule has 0 spiro atoms. The van der Waals surface area contributed by atoms with Crippen molar-refractivity contribution in [2.24, 2.45) is 0 Å². The van der Waals surface area contributed by atoms with E-state index in [2.05, 4.69) is 13.8 Å². The summed E-state index contributed by atoms with van der Waals surface area (Å²) in [6.45, 7) is 4.58. The van der Waals surface area contributed by atoms with Gasteiger partial charge in [-0.2, -0.15) is 13.0 Å². The van der Waals surface area contributed by atoms with Crippen LogP contribution in [0.2, 0.25) is 0 Å². The molecule has 0 bridgehead atoms. The first-order chi connectivity index (χ1) is 13.1. The van der Waals surface area contributed by atoms with Crippen LogP contribution in [0, 0.1) is 0 Å². The zero-order valence-electron chi connectivity index (χ0n) is 15.8. The van der Waals surface area contributed by atoms with Crippen molar-refractivity contribution in [3.05, 3.63) is 59.7 Å². The molecule has 28 heavy (non-hydrogen) atoms. The van der Waals surface area contributed by atoms with Gasteiger partial charge in [-0.25, -0.2) is 0 Å². The summed E-state index contributed by atoms with van der Waals surface area (Å²) in [5.74, 6) is -0.687. The van der Waals surface area contributed by atoms with Crippen molar-refractivity contribution < 1.29 is 27.8 Å². The van der Waals surface area contributed by atoms with E-state index in [4.69, 9.17) is 4.55 Å². The maximum absolute atomic E-state index is 11.1. The molecule has 3 N–H and O–H groups in total. The number of phenols is 2. The molecule has 2 aromatic carbocycles. The molecule has 0 radical (unpaired) electrons. The van der Waals surface area contributed by atoms with E-state index in [-0.39, 0.29) is 29.1 Å². The molecule has 0 atom stereocenters. The van der Waals surface area contributed by atoms with Crippen LogP contribution in [0.3, 0.4) is 0 Å². The predicted molar refractivity (Wildman–Crippen MR) is 109 cm³/mol. The third-order valence-electron chi connectivity index (χ3n) is 5.05. The van der Waals surface area contributed by atoms with Crippen LogP contribution in [0.5, 0.6) is 11.5 Å². The Bertz CT molecular complexity index is 1070. The number of nitrogens with zero attached hydrogens (tertiary/aromatic N) is 1. The highest BCUT2D eigenvalue weighted by Crippen LogP contribution is 2.40. The van der Waals surface area contributed by atoms with Crippen LogP contribution in [0.4, 0.5) is 5.69 Å². The number of hydrogen-bond donors (Lipinski definition) is 3. The van der Waals surface area contributed by atoms with E-state index in [0.717, 1.165) is 17.0 Å². The second-order valence-corrected chi connectivity index (χ2v) is 8.94. The molecular weight excluding hydrogens is 378 g/mol. The first-order valence-electron chi connectivity index (χ1n) is 9.00. The summed E-state index contributed by atoms with van der Waals surface area (Å²) in [5, 5.41) is 19.8.